The van der Waals surface area contributed by atoms with Crippen LogP contribution in [0.25, 0.3) is 10.1 Å². The van der Waals surface area contributed by atoms with Crippen molar-refractivity contribution in [2.75, 3.05) is 13.1 Å². The monoisotopic (exact) mass is 349 g/mol. The van der Waals surface area contributed by atoms with Crippen LogP contribution in [0.3, 0.4) is 0 Å². The van der Waals surface area contributed by atoms with Crippen LogP contribution in [-0.2, 0) is 10.0 Å². The Hall–Kier alpha value is -1.58. The first-order valence-electron chi connectivity index (χ1n) is 6.31. The number of thiophene rings is 1. The predicted octanol–water partition coefficient (Wildman–Crippen LogP) is 2.88. The van der Waals surface area contributed by atoms with Gasteiger partial charge in [-0.1, -0.05) is 6.92 Å². The predicted molar refractivity (Wildman–Crippen MR) is 79.2 cm³/mol. The largest absolute Gasteiger partial charge is 0.477 e. The number of fused-ring (bicyclic) bond motifs is 1. The summed E-state index contributed by atoms with van der Waals surface area (Å²) in [7, 11) is -4.04. The number of carboxylic acids is 1. The number of hydrogen-bond donors (Lipinski definition) is 1. The van der Waals surface area contributed by atoms with E-state index in [0.717, 1.165) is 11.3 Å². The lowest BCUT2D eigenvalue weighted by molar-refractivity contribution is 0.0702. The van der Waals surface area contributed by atoms with E-state index in [1.165, 1.54) is 31.2 Å². The minimum Gasteiger partial charge on any atom is -0.477 e. The average Bonchev–Trinajstić information content (AvgIpc) is 2.87. The molecule has 0 spiro atoms. The second-order valence-electron chi connectivity index (χ2n) is 4.46. The van der Waals surface area contributed by atoms with Crippen molar-refractivity contribution in [2.24, 2.45) is 0 Å². The van der Waals surface area contributed by atoms with Crippen molar-refractivity contribution in [3.63, 3.8) is 0 Å². The minimum atomic E-state index is -4.04. The smallest absolute Gasteiger partial charge is 0.345 e. The highest BCUT2D eigenvalue weighted by atomic mass is 32.2. The molecule has 0 saturated heterocycles. The summed E-state index contributed by atoms with van der Waals surface area (Å²) in [6, 6.07) is 5.45. The van der Waals surface area contributed by atoms with Gasteiger partial charge in [0.2, 0.25) is 10.0 Å². The molecule has 22 heavy (non-hydrogen) atoms. The molecule has 0 amide bonds. The quantitative estimate of drug-likeness (QED) is 0.870. The van der Waals surface area contributed by atoms with Crippen molar-refractivity contribution in [2.45, 2.75) is 18.2 Å². The molecule has 1 N–H and O–H groups in total. The van der Waals surface area contributed by atoms with E-state index >= 15 is 0 Å². The second kappa shape index (κ2) is 6.27. The molecule has 2 rings (SSSR count). The number of carboxylic acid groups (broad SMARTS) is 1. The summed E-state index contributed by atoms with van der Waals surface area (Å²) in [5.74, 6) is -1.10. The van der Waals surface area contributed by atoms with Crippen LogP contribution in [-0.4, -0.2) is 43.3 Å². The molecule has 120 valence electrons. The van der Waals surface area contributed by atoms with Crippen LogP contribution >= 0.6 is 11.3 Å². The normalized spacial score (nSPS) is 12.4. The van der Waals surface area contributed by atoms with Gasteiger partial charge < -0.3 is 5.11 Å². The molecule has 0 fully saturated rings. The zero-order chi connectivity index (χ0) is 16.5. The molecule has 0 unspecified atom stereocenters. The first kappa shape index (κ1) is 16.8. The fraction of sp³-hybridized carbons (Fsp3) is 0.308. The highest BCUT2D eigenvalue weighted by Gasteiger charge is 2.26. The van der Waals surface area contributed by atoms with E-state index in [0.29, 0.717) is 14.4 Å². The van der Waals surface area contributed by atoms with Crippen LogP contribution < -0.4 is 0 Å². The van der Waals surface area contributed by atoms with Gasteiger partial charge in [-0.2, -0.15) is 4.31 Å². The van der Waals surface area contributed by atoms with Gasteiger partial charge in [-0.05, 0) is 29.7 Å². The summed E-state index contributed by atoms with van der Waals surface area (Å²) in [4.78, 5) is 10.9. The Morgan fingerprint density at radius 2 is 2.05 bits per heavy atom. The molecule has 9 heteroatoms. The molecule has 0 saturated carbocycles. The molecule has 1 aromatic heterocycles. The third kappa shape index (κ3) is 3.26. The highest BCUT2D eigenvalue weighted by Crippen LogP contribution is 2.29. The zero-order valence-electron chi connectivity index (χ0n) is 11.5. The van der Waals surface area contributed by atoms with Crippen molar-refractivity contribution < 1.29 is 27.1 Å². The molecule has 2 aromatic rings. The summed E-state index contributed by atoms with van der Waals surface area (Å²) < 4.78 is 51.0. The van der Waals surface area contributed by atoms with Crippen molar-refractivity contribution in [1.29, 1.82) is 0 Å². The SMILES string of the molecule is CCN(CC(F)F)S(=O)(=O)c1ccc2sc(C(=O)O)cc2c1. The fourth-order valence-corrected chi connectivity index (χ4v) is 4.33. The van der Waals surface area contributed by atoms with Crippen molar-refractivity contribution >= 4 is 37.4 Å². The maximum absolute atomic E-state index is 12.5. The maximum Gasteiger partial charge on any atom is 0.345 e. The van der Waals surface area contributed by atoms with Crippen LogP contribution in [0.5, 0.6) is 0 Å². The molecule has 0 bridgehead atoms. The maximum atomic E-state index is 12.5. The first-order chi connectivity index (χ1) is 10.3. The van der Waals surface area contributed by atoms with Gasteiger partial charge >= 0.3 is 5.97 Å². The molecule has 5 nitrogen and oxygen atoms in total. The Kier molecular flexibility index (Phi) is 4.78. The van der Waals surface area contributed by atoms with Gasteiger partial charge in [-0.25, -0.2) is 22.0 Å². The molecule has 0 radical (unpaired) electrons. The van der Waals surface area contributed by atoms with Gasteiger partial charge in [-0.15, -0.1) is 11.3 Å². The lowest BCUT2D eigenvalue weighted by Gasteiger charge is -2.20. The van der Waals surface area contributed by atoms with Crippen LogP contribution in [0.2, 0.25) is 0 Å². The van der Waals surface area contributed by atoms with Gasteiger partial charge in [0.15, 0.2) is 0 Å². The van der Waals surface area contributed by atoms with Gasteiger partial charge in [0, 0.05) is 11.2 Å². The second-order valence-corrected chi connectivity index (χ2v) is 7.48. The number of rotatable bonds is 6. The lowest BCUT2D eigenvalue weighted by atomic mass is 10.2. The molecule has 0 aliphatic carbocycles. The van der Waals surface area contributed by atoms with Gasteiger partial charge in [0.25, 0.3) is 6.43 Å². The Bertz CT molecular complexity index is 801. The molecule has 0 aliphatic rings. The Labute approximate surface area is 129 Å². The van der Waals surface area contributed by atoms with Crippen molar-refractivity contribution in [1.82, 2.24) is 4.31 Å². The van der Waals surface area contributed by atoms with E-state index < -0.39 is 29.0 Å². The number of alkyl halides is 2. The van der Waals surface area contributed by atoms with Crippen molar-refractivity contribution in [3.05, 3.63) is 29.1 Å². The summed E-state index contributed by atoms with van der Waals surface area (Å²) in [5.41, 5.74) is 0. The number of halogens is 2. The van der Waals surface area contributed by atoms with Crippen LogP contribution in [0, 0.1) is 0 Å². The number of sulfonamides is 1. The van der Waals surface area contributed by atoms with Gasteiger partial charge in [-0.3, -0.25) is 0 Å². The summed E-state index contributed by atoms with van der Waals surface area (Å²) >= 11 is 1.02. The average molecular weight is 349 g/mol. The Balaban J connectivity index is 2.46. The van der Waals surface area contributed by atoms with Crippen LogP contribution in [0.15, 0.2) is 29.2 Å². The molecule has 0 atom stereocenters. The number of benzene rings is 1. The van der Waals surface area contributed by atoms with Crippen LogP contribution in [0.4, 0.5) is 8.78 Å². The van der Waals surface area contributed by atoms with E-state index in [-0.39, 0.29) is 16.3 Å². The third-order valence-corrected chi connectivity index (χ3v) is 6.07. The highest BCUT2D eigenvalue weighted by molar-refractivity contribution is 7.89. The number of nitrogens with zero attached hydrogens (tertiary/aromatic N) is 1. The fourth-order valence-electron chi connectivity index (χ4n) is 1.99. The third-order valence-electron chi connectivity index (χ3n) is 3.03. The van der Waals surface area contributed by atoms with Crippen molar-refractivity contribution in [3.8, 4) is 0 Å². The van der Waals surface area contributed by atoms with Crippen LogP contribution in [0.1, 0.15) is 16.6 Å². The lowest BCUT2D eigenvalue weighted by Crippen LogP contribution is -2.34. The van der Waals surface area contributed by atoms with E-state index in [1.54, 1.807) is 0 Å². The number of aromatic carboxylic acids is 1. The standard InChI is InChI=1S/C13H13F2NO4S2/c1-2-16(7-12(14)15)22(19,20)9-3-4-10-8(5-9)6-11(21-10)13(17)18/h3-6,12H,2,7H2,1H3,(H,17,18). The van der Waals surface area contributed by atoms with E-state index in [2.05, 4.69) is 0 Å². The zero-order valence-corrected chi connectivity index (χ0v) is 13.1. The van der Waals surface area contributed by atoms with E-state index in [9.17, 15) is 22.0 Å². The molecule has 1 heterocycles. The minimum absolute atomic E-state index is 0.0747. The molecule has 0 aliphatic heterocycles. The van der Waals surface area contributed by atoms with E-state index in [4.69, 9.17) is 5.11 Å². The first-order valence-corrected chi connectivity index (χ1v) is 8.56. The number of carbonyl (C=O) groups is 1. The molecular formula is C13H13F2NO4S2. The Morgan fingerprint density at radius 3 is 2.59 bits per heavy atom. The van der Waals surface area contributed by atoms with Gasteiger partial charge in [0.1, 0.15) is 4.88 Å². The topological polar surface area (TPSA) is 74.7 Å². The Morgan fingerprint density at radius 1 is 1.36 bits per heavy atom. The molecular weight excluding hydrogens is 336 g/mol. The number of hydrogen-bond acceptors (Lipinski definition) is 4. The van der Waals surface area contributed by atoms with Gasteiger partial charge in [0.05, 0.1) is 11.4 Å². The molecule has 1 aromatic carbocycles. The summed E-state index contributed by atoms with van der Waals surface area (Å²) in [6.45, 7) is 0.529. The summed E-state index contributed by atoms with van der Waals surface area (Å²) in [5, 5.41) is 9.40. The summed E-state index contributed by atoms with van der Waals surface area (Å²) in [6.07, 6.45) is -2.77. The van der Waals surface area contributed by atoms with E-state index in [1.807, 2.05) is 0 Å².